The molecule has 0 radical (unpaired) electrons. The minimum atomic E-state index is -0.157. The second-order valence-electron chi connectivity index (χ2n) is 8.77. The van der Waals surface area contributed by atoms with Crippen LogP contribution in [-0.4, -0.2) is 44.1 Å². The van der Waals surface area contributed by atoms with Crippen molar-refractivity contribution >= 4 is 51.7 Å². The van der Waals surface area contributed by atoms with Crippen LogP contribution in [0.1, 0.15) is 44.7 Å². The summed E-state index contributed by atoms with van der Waals surface area (Å²) in [4.78, 5) is 35.7. The zero-order valence-corrected chi connectivity index (χ0v) is 20.1. The molecule has 1 amide bonds. The van der Waals surface area contributed by atoms with Gasteiger partial charge in [-0.05, 0) is 49.3 Å². The van der Waals surface area contributed by atoms with E-state index in [2.05, 4.69) is 18.7 Å². The molecular formula is C23H28N4O2S2. The van der Waals surface area contributed by atoms with Gasteiger partial charge in [-0.1, -0.05) is 50.8 Å². The minimum Gasteiger partial charge on any atom is -0.355 e. The van der Waals surface area contributed by atoms with Gasteiger partial charge in [0.15, 0.2) is 0 Å². The zero-order chi connectivity index (χ0) is 22.3. The first kappa shape index (κ1) is 22.0. The van der Waals surface area contributed by atoms with Crippen LogP contribution in [0.5, 0.6) is 0 Å². The van der Waals surface area contributed by atoms with Crippen LogP contribution < -0.4 is 10.5 Å². The fourth-order valence-corrected chi connectivity index (χ4v) is 5.79. The molecule has 0 unspecified atom stereocenters. The highest BCUT2D eigenvalue weighted by atomic mass is 32.2. The Labute approximate surface area is 192 Å². The SMILES string of the molecule is CCCN1C(=O)/C(=C/c2c(N3C[C@H](C)C[C@H](C)C3)nc3ccc(C)cn3c2=O)SC1=S. The molecule has 2 fully saturated rings. The Balaban J connectivity index is 1.88. The van der Waals surface area contributed by atoms with E-state index in [9.17, 15) is 9.59 Å². The van der Waals surface area contributed by atoms with Crippen molar-refractivity contribution in [2.45, 2.75) is 40.5 Å². The van der Waals surface area contributed by atoms with Gasteiger partial charge >= 0.3 is 0 Å². The normalized spacial score (nSPS) is 23.4. The number of pyridine rings is 1. The van der Waals surface area contributed by atoms with Crippen LogP contribution in [0.4, 0.5) is 5.82 Å². The number of thioether (sulfide) groups is 1. The summed E-state index contributed by atoms with van der Waals surface area (Å²) in [6.07, 6.45) is 5.50. The lowest BCUT2D eigenvalue weighted by atomic mass is 9.91. The summed E-state index contributed by atoms with van der Waals surface area (Å²) in [7, 11) is 0. The molecule has 2 aromatic rings. The lowest BCUT2D eigenvalue weighted by Crippen LogP contribution is -2.40. The minimum absolute atomic E-state index is 0.128. The Morgan fingerprint density at radius 2 is 1.94 bits per heavy atom. The van der Waals surface area contributed by atoms with Crippen molar-refractivity contribution in [3.8, 4) is 0 Å². The molecule has 0 aromatic carbocycles. The van der Waals surface area contributed by atoms with E-state index >= 15 is 0 Å². The number of piperidine rings is 1. The third-order valence-corrected chi connectivity index (χ3v) is 7.13. The molecule has 8 heteroatoms. The molecular weight excluding hydrogens is 428 g/mol. The molecule has 4 heterocycles. The van der Waals surface area contributed by atoms with E-state index in [1.54, 1.807) is 21.6 Å². The Morgan fingerprint density at radius 1 is 1.23 bits per heavy atom. The lowest BCUT2D eigenvalue weighted by molar-refractivity contribution is -0.122. The van der Waals surface area contributed by atoms with E-state index in [0.29, 0.717) is 44.6 Å². The first-order chi connectivity index (χ1) is 14.8. The number of carbonyl (C=O) groups excluding carboxylic acids is 1. The highest BCUT2D eigenvalue weighted by Gasteiger charge is 2.33. The molecule has 0 aliphatic carbocycles. The molecule has 2 aromatic heterocycles. The van der Waals surface area contributed by atoms with E-state index < -0.39 is 0 Å². The van der Waals surface area contributed by atoms with Crippen LogP contribution in [0.3, 0.4) is 0 Å². The van der Waals surface area contributed by atoms with Gasteiger partial charge in [0.25, 0.3) is 11.5 Å². The maximum Gasteiger partial charge on any atom is 0.267 e. The molecule has 2 saturated heterocycles. The Morgan fingerprint density at radius 3 is 2.61 bits per heavy atom. The summed E-state index contributed by atoms with van der Waals surface area (Å²) in [6, 6.07) is 3.84. The van der Waals surface area contributed by atoms with E-state index in [-0.39, 0.29) is 11.5 Å². The van der Waals surface area contributed by atoms with Gasteiger partial charge in [0.2, 0.25) is 0 Å². The van der Waals surface area contributed by atoms with Gasteiger partial charge in [-0.15, -0.1) is 0 Å². The quantitative estimate of drug-likeness (QED) is 0.510. The average Bonchev–Trinajstić information content (AvgIpc) is 2.97. The first-order valence-electron chi connectivity index (χ1n) is 10.8. The highest BCUT2D eigenvalue weighted by molar-refractivity contribution is 8.26. The zero-order valence-electron chi connectivity index (χ0n) is 18.4. The molecule has 0 spiro atoms. The van der Waals surface area contributed by atoms with Crippen molar-refractivity contribution in [1.82, 2.24) is 14.3 Å². The molecule has 0 N–H and O–H groups in total. The second kappa shape index (κ2) is 8.74. The smallest absolute Gasteiger partial charge is 0.267 e. The summed E-state index contributed by atoms with van der Waals surface area (Å²) in [6.45, 7) is 10.7. The van der Waals surface area contributed by atoms with Crippen LogP contribution in [0.15, 0.2) is 28.0 Å². The third-order valence-electron chi connectivity index (χ3n) is 5.75. The Hall–Kier alpha value is -2.19. The number of nitrogens with zero attached hydrogens (tertiary/aromatic N) is 4. The summed E-state index contributed by atoms with van der Waals surface area (Å²) in [5, 5.41) is 0. The van der Waals surface area contributed by atoms with Crippen molar-refractivity contribution < 1.29 is 4.79 Å². The number of carbonyl (C=O) groups is 1. The van der Waals surface area contributed by atoms with E-state index in [1.165, 1.54) is 11.8 Å². The largest absolute Gasteiger partial charge is 0.355 e. The van der Waals surface area contributed by atoms with Crippen molar-refractivity contribution in [2.75, 3.05) is 24.5 Å². The van der Waals surface area contributed by atoms with Gasteiger partial charge in [0.05, 0.1) is 10.5 Å². The van der Waals surface area contributed by atoms with Crippen molar-refractivity contribution in [3.63, 3.8) is 0 Å². The van der Waals surface area contributed by atoms with Crippen molar-refractivity contribution in [2.24, 2.45) is 11.8 Å². The van der Waals surface area contributed by atoms with E-state index in [1.807, 2.05) is 26.0 Å². The van der Waals surface area contributed by atoms with Gasteiger partial charge in [-0.2, -0.15) is 0 Å². The fraction of sp³-hybridized carbons (Fsp3) is 0.478. The Kier molecular flexibility index (Phi) is 6.21. The van der Waals surface area contributed by atoms with Gasteiger partial charge in [0.1, 0.15) is 15.8 Å². The number of fused-ring (bicyclic) bond motifs is 1. The molecule has 0 saturated carbocycles. The van der Waals surface area contributed by atoms with Crippen LogP contribution >= 0.6 is 24.0 Å². The lowest BCUT2D eigenvalue weighted by Gasteiger charge is -2.36. The predicted molar refractivity (Wildman–Crippen MR) is 132 cm³/mol. The topological polar surface area (TPSA) is 57.9 Å². The predicted octanol–water partition coefficient (Wildman–Crippen LogP) is 4.10. The number of anilines is 1. The summed E-state index contributed by atoms with van der Waals surface area (Å²) in [5.74, 6) is 1.56. The molecule has 0 bridgehead atoms. The van der Waals surface area contributed by atoms with Crippen LogP contribution in [0.25, 0.3) is 11.7 Å². The summed E-state index contributed by atoms with van der Waals surface area (Å²) in [5.41, 5.74) is 1.90. The fourth-order valence-electron chi connectivity index (χ4n) is 4.50. The van der Waals surface area contributed by atoms with Gasteiger partial charge < -0.3 is 4.90 Å². The summed E-state index contributed by atoms with van der Waals surface area (Å²) >= 11 is 6.67. The van der Waals surface area contributed by atoms with E-state index in [0.717, 1.165) is 31.5 Å². The second-order valence-corrected chi connectivity index (χ2v) is 10.4. The Bertz CT molecular complexity index is 1130. The van der Waals surface area contributed by atoms with Crippen LogP contribution in [0, 0.1) is 18.8 Å². The number of amides is 1. The molecule has 4 rings (SSSR count). The summed E-state index contributed by atoms with van der Waals surface area (Å²) < 4.78 is 2.12. The van der Waals surface area contributed by atoms with Crippen LogP contribution in [0.2, 0.25) is 0 Å². The van der Waals surface area contributed by atoms with Gasteiger partial charge in [-0.25, -0.2) is 4.98 Å². The standard InChI is InChI=1S/C23H28N4O2S2/c1-5-8-26-22(29)18(31-23(26)30)10-17-20(25-11-15(3)9-16(4)12-25)24-19-7-6-14(2)13-27(19)21(17)28/h6-7,10,13,15-16H,5,8-9,11-12H2,1-4H3/b18-10-/t15-,16+. The molecule has 2 atom stereocenters. The van der Waals surface area contributed by atoms with Gasteiger partial charge in [0, 0.05) is 25.8 Å². The molecule has 164 valence electrons. The number of rotatable bonds is 4. The molecule has 6 nitrogen and oxygen atoms in total. The first-order valence-corrected chi connectivity index (χ1v) is 12.0. The number of hydrogen-bond donors (Lipinski definition) is 0. The van der Waals surface area contributed by atoms with Crippen molar-refractivity contribution in [3.05, 3.63) is 44.7 Å². The maximum absolute atomic E-state index is 13.6. The maximum atomic E-state index is 13.6. The van der Waals surface area contributed by atoms with Crippen molar-refractivity contribution in [1.29, 1.82) is 0 Å². The molecule has 2 aliphatic rings. The average molecular weight is 457 g/mol. The highest BCUT2D eigenvalue weighted by Crippen LogP contribution is 2.34. The molecule has 31 heavy (non-hydrogen) atoms. The monoisotopic (exact) mass is 456 g/mol. The number of aryl methyl sites for hydroxylation is 1. The number of hydrogen-bond acceptors (Lipinski definition) is 6. The number of thiocarbonyl (C=S) groups is 1. The van der Waals surface area contributed by atoms with E-state index in [4.69, 9.17) is 17.2 Å². The van der Waals surface area contributed by atoms with Gasteiger partial charge in [-0.3, -0.25) is 18.9 Å². The third kappa shape index (κ3) is 4.28. The van der Waals surface area contributed by atoms with Crippen LogP contribution in [-0.2, 0) is 4.79 Å². The number of aromatic nitrogens is 2. The molecule has 2 aliphatic heterocycles.